The van der Waals surface area contributed by atoms with Crippen molar-refractivity contribution in [3.05, 3.63) is 0 Å². The molecular weight excluding hydrogens is 186 g/mol. The van der Waals surface area contributed by atoms with Gasteiger partial charge in [0.25, 0.3) is 0 Å². The van der Waals surface area contributed by atoms with Gasteiger partial charge in [0.1, 0.15) is 0 Å². The second-order valence-electron chi connectivity index (χ2n) is 3.98. The fraction of sp³-hybridized carbons (Fsp3) is 0.778. The molecule has 0 aromatic carbocycles. The van der Waals surface area contributed by atoms with E-state index in [0.717, 1.165) is 15.9 Å². The van der Waals surface area contributed by atoms with Gasteiger partial charge in [-0.05, 0) is 25.2 Å². The largest absolute Gasteiger partial charge is 0.344 e. The maximum atomic E-state index is 5.25. The third kappa shape index (κ3) is 1.29. The van der Waals surface area contributed by atoms with Gasteiger partial charge in [-0.1, -0.05) is 31.4 Å². The van der Waals surface area contributed by atoms with Gasteiger partial charge in [-0.3, -0.25) is 0 Å². The normalized spacial score (nSPS) is 40.9. The Morgan fingerprint density at radius 1 is 1.17 bits per heavy atom. The van der Waals surface area contributed by atoms with E-state index >= 15 is 0 Å². The molecule has 1 aliphatic heterocycles. The van der Waals surface area contributed by atoms with Crippen molar-refractivity contribution in [2.75, 3.05) is 0 Å². The molecule has 2 fully saturated rings. The first-order valence-electron chi connectivity index (χ1n) is 4.53. The van der Waals surface area contributed by atoms with Crippen molar-refractivity contribution >= 4 is 34.4 Å². The molecule has 12 heavy (non-hydrogen) atoms. The fourth-order valence-corrected chi connectivity index (χ4v) is 3.12. The first-order chi connectivity index (χ1) is 5.68. The third-order valence-corrected chi connectivity index (χ3v) is 3.84. The zero-order valence-corrected chi connectivity index (χ0v) is 8.80. The van der Waals surface area contributed by atoms with E-state index in [0.29, 0.717) is 11.8 Å². The monoisotopic (exact) mass is 199 g/mol. The van der Waals surface area contributed by atoms with Gasteiger partial charge in [0.05, 0.1) is 9.98 Å². The topological polar surface area (TPSA) is 12.0 Å². The van der Waals surface area contributed by atoms with Crippen molar-refractivity contribution in [1.82, 2.24) is 5.32 Å². The summed E-state index contributed by atoms with van der Waals surface area (Å²) in [6, 6.07) is 0. The molecule has 2 aliphatic rings. The van der Waals surface area contributed by atoms with Gasteiger partial charge in [-0.25, -0.2) is 0 Å². The number of fused-ring (bicyclic) bond motifs is 1. The van der Waals surface area contributed by atoms with Gasteiger partial charge in [0.2, 0.25) is 0 Å². The minimum Gasteiger partial charge on any atom is -0.344 e. The average molecular weight is 199 g/mol. The van der Waals surface area contributed by atoms with Crippen LogP contribution < -0.4 is 5.32 Å². The van der Waals surface area contributed by atoms with Gasteiger partial charge in [0, 0.05) is 11.8 Å². The summed E-state index contributed by atoms with van der Waals surface area (Å²) < 4.78 is 0. The van der Waals surface area contributed by atoms with E-state index in [1.165, 1.54) is 19.3 Å². The van der Waals surface area contributed by atoms with E-state index in [1.807, 2.05) is 0 Å². The van der Waals surface area contributed by atoms with Crippen LogP contribution in [0.4, 0.5) is 0 Å². The van der Waals surface area contributed by atoms with Crippen molar-refractivity contribution in [2.24, 2.45) is 17.8 Å². The van der Waals surface area contributed by atoms with E-state index in [-0.39, 0.29) is 0 Å². The summed E-state index contributed by atoms with van der Waals surface area (Å²) in [6.07, 6.45) is 3.78. The summed E-state index contributed by atoms with van der Waals surface area (Å²) in [7, 11) is 0. The second-order valence-corrected chi connectivity index (χ2v) is 4.86. The Hall–Kier alpha value is -0.0200. The molecule has 66 valence electrons. The zero-order valence-electron chi connectivity index (χ0n) is 7.17. The Balaban J connectivity index is 2.17. The van der Waals surface area contributed by atoms with Crippen LogP contribution in [0.3, 0.4) is 0 Å². The SMILES string of the molecule is CC1CCC2C(=S)NC(=S)C2C1. The van der Waals surface area contributed by atoms with Crippen LogP contribution in [0, 0.1) is 17.8 Å². The lowest BCUT2D eigenvalue weighted by Crippen LogP contribution is -2.24. The quantitative estimate of drug-likeness (QED) is 0.601. The lowest BCUT2D eigenvalue weighted by Gasteiger charge is -2.27. The van der Waals surface area contributed by atoms with Crippen molar-refractivity contribution in [3.8, 4) is 0 Å². The van der Waals surface area contributed by atoms with Crippen LogP contribution in [0.15, 0.2) is 0 Å². The predicted molar refractivity (Wildman–Crippen MR) is 58.3 cm³/mol. The molecule has 0 bridgehead atoms. The molecule has 1 N–H and O–H groups in total. The van der Waals surface area contributed by atoms with Crippen LogP contribution in [-0.4, -0.2) is 9.98 Å². The summed E-state index contributed by atoms with van der Waals surface area (Å²) in [6.45, 7) is 2.31. The number of hydrogen-bond donors (Lipinski definition) is 1. The van der Waals surface area contributed by atoms with E-state index < -0.39 is 0 Å². The van der Waals surface area contributed by atoms with Crippen LogP contribution in [0.25, 0.3) is 0 Å². The van der Waals surface area contributed by atoms with E-state index in [1.54, 1.807) is 0 Å². The molecular formula is C9H13NS2. The first kappa shape index (κ1) is 8.57. The predicted octanol–water partition coefficient (Wildman–Crippen LogP) is 2.30. The number of nitrogens with one attached hydrogen (secondary N) is 1. The summed E-state index contributed by atoms with van der Waals surface area (Å²) in [5.41, 5.74) is 0. The van der Waals surface area contributed by atoms with Gasteiger partial charge < -0.3 is 5.32 Å². The van der Waals surface area contributed by atoms with Crippen LogP contribution in [0.5, 0.6) is 0 Å². The molecule has 1 heterocycles. The van der Waals surface area contributed by atoms with Crippen LogP contribution >= 0.6 is 24.4 Å². The third-order valence-electron chi connectivity index (χ3n) is 3.03. The molecule has 0 radical (unpaired) electrons. The molecule has 0 spiro atoms. The standard InChI is InChI=1S/C9H13NS2/c1-5-2-3-6-7(4-5)9(12)10-8(6)11/h5-7H,2-4H2,1H3,(H,10,11,12). The molecule has 0 aromatic heterocycles. The molecule has 1 saturated carbocycles. The lowest BCUT2D eigenvalue weighted by molar-refractivity contribution is 0.306. The minimum absolute atomic E-state index is 0.566. The molecule has 0 aromatic rings. The smallest absolute Gasteiger partial charge is 0.0839 e. The minimum atomic E-state index is 0.566. The van der Waals surface area contributed by atoms with Crippen molar-refractivity contribution in [1.29, 1.82) is 0 Å². The maximum absolute atomic E-state index is 5.25. The molecule has 1 saturated heterocycles. The fourth-order valence-electron chi connectivity index (χ4n) is 2.29. The van der Waals surface area contributed by atoms with E-state index in [2.05, 4.69) is 12.2 Å². The van der Waals surface area contributed by atoms with Gasteiger partial charge >= 0.3 is 0 Å². The Labute approximate surface area is 83.9 Å². The molecule has 1 nitrogen and oxygen atoms in total. The highest BCUT2D eigenvalue weighted by Gasteiger charge is 2.39. The first-order valence-corrected chi connectivity index (χ1v) is 5.35. The van der Waals surface area contributed by atoms with E-state index in [4.69, 9.17) is 24.4 Å². The number of rotatable bonds is 0. The van der Waals surface area contributed by atoms with Crippen LogP contribution in [0.2, 0.25) is 0 Å². The van der Waals surface area contributed by atoms with E-state index in [9.17, 15) is 0 Å². The summed E-state index contributed by atoms with van der Waals surface area (Å²) in [5.74, 6) is 1.96. The molecule has 3 unspecified atom stereocenters. The zero-order chi connectivity index (χ0) is 8.72. The summed E-state index contributed by atoms with van der Waals surface area (Å²) in [5, 5.41) is 3.14. The lowest BCUT2D eigenvalue weighted by atomic mass is 9.76. The van der Waals surface area contributed by atoms with Crippen LogP contribution in [-0.2, 0) is 0 Å². The molecule has 2 rings (SSSR count). The highest BCUT2D eigenvalue weighted by atomic mass is 32.1. The summed E-state index contributed by atoms with van der Waals surface area (Å²) in [4.78, 5) is 1.99. The molecule has 3 heteroatoms. The van der Waals surface area contributed by atoms with Gasteiger partial charge in [-0.15, -0.1) is 0 Å². The molecule has 3 atom stereocenters. The second kappa shape index (κ2) is 3.04. The average Bonchev–Trinajstić information content (AvgIpc) is 2.28. The Bertz CT molecular complexity index is 237. The highest BCUT2D eigenvalue weighted by Crippen LogP contribution is 2.37. The number of hydrogen-bond acceptors (Lipinski definition) is 2. The Morgan fingerprint density at radius 3 is 2.58 bits per heavy atom. The van der Waals surface area contributed by atoms with Gasteiger partial charge in [0.15, 0.2) is 0 Å². The number of thiocarbonyl (C=S) groups is 2. The van der Waals surface area contributed by atoms with Crippen molar-refractivity contribution < 1.29 is 0 Å². The molecule has 0 amide bonds. The molecule has 1 aliphatic carbocycles. The Kier molecular flexibility index (Phi) is 2.17. The highest BCUT2D eigenvalue weighted by molar-refractivity contribution is 7.82. The van der Waals surface area contributed by atoms with Crippen molar-refractivity contribution in [2.45, 2.75) is 26.2 Å². The summed E-state index contributed by atoms with van der Waals surface area (Å²) >= 11 is 10.5. The van der Waals surface area contributed by atoms with Crippen molar-refractivity contribution in [3.63, 3.8) is 0 Å². The Morgan fingerprint density at radius 2 is 1.83 bits per heavy atom. The van der Waals surface area contributed by atoms with Crippen LogP contribution in [0.1, 0.15) is 26.2 Å². The maximum Gasteiger partial charge on any atom is 0.0839 e. The van der Waals surface area contributed by atoms with Gasteiger partial charge in [-0.2, -0.15) is 0 Å².